The van der Waals surface area contributed by atoms with E-state index in [2.05, 4.69) is 49.3 Å². The number of nitrogens with two attached hydrogens (primary N) is 1. The van der Waals surface area contributed by atoms with E-state index in [1.165, 1.54) is 58.8 Å². The van der Waals surface area contributed by atoms with Crippen molar-refractivity contribution in [3.05, 3.63) is 190 Å². The molecule has 0 spiro atoms. The predicted molar refractivity (Wildman–Crippen MR) is 438 cm³/mol. The summed E-state index contributed by atoms with van der Waals surface area (Å²) in [6, 6.07) is 17.1. The number of hydrogen-bond acceptors (Lipinski definition) is 37. The number of aliphatic hydroxyl groups is 11. The minimum Gasteiger partial charge on any atom is -0.507 e. The fourth-order valence-corrected chi connectivity index (χ4v) is 12.1. The zero-order valence-electron chi connectivity index (χ0n) is 67.3. The Bertz CT molecular complexity index is 5910. The number of aromatic hydroxyl groups is 3. The number of alkyl halides is 6. The molecule has 0 aliphatic carbocycles. The molecule has 1 unspecified atom stereocenters. The van der Waals surface area contributed by atoms with Crippen molar-refractivity contribution in [1.82, 2.24) is 28.7 Å². The van der Waals surface area contributed by atoms with Gasteiger partial charge < -0.3 is 154 Å². The second-order valence-corrected chi connectivity index (χ2v) is 26.4. The Morgan fingerprint density at radius 2 is 0.969 bits per heavy atom. The number of ether oxygens (including phenoxy) is 9. The number of halogens is 7. The third-order valence-corrected chi connectivity index (χ3v) is 18.1. The van der Waals surface area contributed by atoms with E-state index in [0.29, 0.717) is 97.3 Å². The van der Waals surface area contributed by atoms with Crippen molar-refractivity contribution in [3.8, 4) is 40.2 Å². The monoisotopic (exact) mass is 2040 g/mol. The topological polar surface area (TPSA) is 672 Å². The van der Waals surface area contributed by atoms with Gasteiger partial charge in [0.15, 0.2) is 77.0 Å². The standard InChI is InChI=1S/C21H21F2N3O10.C21H21F2N3O9.C11H12O5.C11H10O4.C9H11F2N3O4.CH3BP.CO2.HI.H2O.Y/c1-33-11-5-9(6-27)4-10-15(29)13(35-16(10)11)8-34-20(32)25-14-2-3-26(19(31)24-14)18-21(22,23)17(30)12(7-28)36-18;1-32-13-5-10(7-27)4-11-6-12(34-16(11)13)9-33-20(31)25-15-2-3-26(19(30)24-15)18-21(22,23)17(29)14(8-28)35-18;1-15-9-2-6(4-12)10(14)8-3-7(5-13)16-11(8)9;1-6-3-8-10(13)7(5-12)4-9(14-2)11(8)15-6;10-9(11)6(16)4(3-15)18-7(9)14-2-1-5(12)13-8(14)17;2*2-1-3;;;/h2-5,12,17-18,27-30H,6-8H2,1H3,(H,24,25,31,32);2-6,14,17-18,27-29H,7-9H2,1H3,(H,24,25,30,31);2-3,12-14H,4-5H2,1H3;3-4,12H,1,5H2,2H3;1-2,4,6-7,15-16H,3H2,(H2,12,13,17);1H,3H2;;1H;1H2;/q;;;;;-1;;;;/p+1/t12-,17-,18-;14-,17-,18-;;;4-,6-,7-;;;;;/m11..1...../s1. The van der Waals surface area contributed by atoms with Crippen LogP contribution in [0.3, 0.4) is 0 Å². The van der Waals surface area contributed by atoms with Gasteiger partial charge in [-0.15, -0.1) is 24.0 Å². The number of nitrogen functional groups attached to an aromatic ring is 1. The van der Waals surface area contributed by atoms with Crippen molar-refractivity contribution >= 4 is 116 Å². The number of nitrogens with one attached hydrogen (secondary N) is 2. The van der Waals surface area contributed by atoms with E-state index in [1.807, 2.05) is 0 Å². The molecule has 3 saturated heterocycles. The number of allylic oxidation sites excluding steroid dienone is 1. The maximum atomic E-state index is 14.3. The van der Waals surface area contributed by atoms with E-state index in [0.717, 1.165) is 36.8 Å². The van der Waals surface area contributed by atoms with Gasteiger partial charge in [0.1, 0.15) is 70.6 Å². The number of carbonyl (C=O) groups is 2. The Balaban J connectivity index is 0.000000292. The first-order valence-electron chi connectivity index (χ1n) is 35.9. The van der Waals surface area contributed by atoms with Crippen LogP contribution in [0.4, 0.5) is 53.4 Å². The van der Waals surface area contributed by atoms with Gasteiger partial charge in [-0.2, -0.15) is 58.7 Å². The number of amides is 2. The van der Waals surface area contributed by atoms with Gasteiger partial charge in [0.2, 0.25) is 24.4 Å². The first kappa shape index (κ1) is 109. The summed E-state index contributed by atoms with van der Waals surface area (Å²) in [5.41, 5.74) is 4.96. The number of methoxy groups -OCH3 is 4. The van der Waals surface area contributed by atoms with Crippen molar-refractivity contribution in [2.45, 2.75) is 119 Å². The number of carbonyl (C=O) groups excluding carboxylic acids is 4. The third kappa shape index (κ3) is 24.8. The van der Waals surface area contributed by atoms with Crippen LogP contribution < -0.4 is 63.0 Å². The quantitative estimate of drug-likeness (QED) is 0.0119. The molecule has 4 aromatic carbocycles. The number of nitrogens with zero attached hydrogens (tertiary/aromatic N) is 6. The van der Waals surface area contributed by atoms with E-state index >= 15 is 0 Å². The third-order valence-electron chi connectivity index (χ3n) is 18.1. The van der Waals surface area contributed by atoms with Crippen LogP contribution >= 0.6 is 33.2 Å². The maximum absolute atomic E-state index is 14.3. The molecule has 10 heterocycles. The van der Waals surface area contributed by atoms with Crippen LogP contribution in [0.15, 0.2) is 130 Å². The van der Waals surface area contributed by atoms with Crippen molar-refractivity contribution in [2.24, 2.45) is 0 Å². The molecule has 129 heavy (non-hydrogen) atoms. The van der Waals surface area contributed by atoms with Gasteiger partial charge in [-0.1, -0.05) is 0 Å². The van der Waals surface area contributed by atoms with Gasteiger partial charge in [0, 0.05) is 74.4 Å². The summed E-state index contributed by atoms with van der Waals surface area (Å²) in [6.07, 6.45) is -15.4. The van der Waals surface area contributed by atoms with Gasteiger partial charge >= 0.3 is 64.4 Å². The number of phenols is 2. The zero-order valence-corrected chi connectivity index (χ0v) is 73.6. The summed E-state index contributed by atoms with van der Waals surface area (Å²) < 4.78 is 153. The van der Waals surface area contributed by atoms with Crippen LogP contribution in [0, 0.1) is 6.06 Å². The number of anilines is 3. The molecule has 44 nitrogen and oxygen atoms in total. The number of aliphatic hydroxyl groups excluding tert-OH is 11. The molecule has 4 aliphatic heterocycles. The molecule has 20 N–H and O–H groups in total. The van der Waals surface area contributed by atoms with Crippen molar-refractivity contribution in [2.75, 3.05) is 64.6 Å². The first-order valence-corrected chi connectivity index (χ1v) is 36.6. The van der Waals surface area contributed by atoms with Crippen molar-refractivity contribution < 1.29 is 211 Å². The number of hydrogen-bond donors (Lipinski definition) is 17. The second kappa shape index (κ2) is 48.2. The first-order chi connectivity index (χ1) is 59.8. The molecular formula is C75H82BF6IN9O35PY. The molecule has 10 aromatic rings. The van der Waals surface area contributed by atoms with E-state index in [4.69, 9.17) is 106 Å². The Morgan fingerprint density at radius 3 is 1.39 bits per heavy atom. The minimum atomic E-state index is -3.89. The fourth-order valence-electron chi connectivity index (χ4n) is 12.1. The van der Waals surface area contributed by atoms with Crippen molar-refractivity contribution in [3.63, 3.8) is 0 Å². The summed E-state index contributed by atoms with van der Waals surface area (Å²) in [4.78, 5) is 86.7. The number of rotatable bonds is 21. The summed E-state index contributed by atoms with van der Waals surface area (Å²) in [7, 11) is 12.7. The summed E-state index contributed by atoms with van der Waals surface area (Å²) >= 11 is 0. The SMILES string of the molecule is C=C1C=c2c(O)c(CO)cc(OC)c2=[O+]1.COc1cc(CO)c(O)c2cc(CO)oc12.COc1cc(CO)cc2c(O)c(COC(=O)Nc3ccn([C@@H]4O[C@H](CO)[C@@H](O)C4(F)F)c(=O)n3)oc12.COc1cc(CO)cc2cc(COC(=O)Nc3ccn([C@@H]4O[C@H](CO)[C@@H](O)C4(F)F)c(=O)n3)oc12.I.Nc1ccn([C@@H]2O[C@H](CO)[C@@H](O)C2(F)F)c(=O)n1.O.O=C=O.[B][CH-]P.[Y]. The summed E-state index contributed by atoms with van der Waals surface area (Å²) in [5, 5.41) is 137. The Hall–Kier alpha value is -10.8. The maximum Gasteiger partial charge on any atom is 0.413 e. The van der Waals surface area contributed by atoms with Crippen LogP contribution in [-0.2, 0) is 112 Å². The molecule has 6 aromatic heterocycles. The van der Waals surface area contributed by atoms with Crippen LogP contribution in [-0.4, -0.2) is 234 Å². The molecular weight excluding hydrogens is 1960 g/mol. The van der Waals surface area contributed by atoms with Gasteiger partial charge in [-0.05, 0) is 77.9 Å². The van der Waals surface area contributed by atoms with E-state index in [9.17, 15) is 91.2 Å². The number of benzene rings is 4. The Kier molecular flexibility index (Phi) is 40.6. The number of fused-ring (bicyclic) bond motifs is 4. The molecule has 10 atom stereocenters. The van der Waals surface area contributed by atoms with Gasteiger partial charge in [0.25, 0.3) is 0 Å². The van der Waals surface area contributed by atoms with Crippen LogP contribution in [0.25, 0.3) is 39.0 Å². The zero-order chi connectivity index (χ0) is 93.1. The molecule has 54 heteroatoms. The van der Waals surface area contributed by atoms with Crippen molar-refractivity contribution in [1.29, 1.82) is 0 Å². The molecule has 3 fully saturated rings. The average molecular weight is 2040 g/mol. The number of aromatic nitrogens is 6. The van der Waals surface area contributed by atoms with E-state index < -0.39 is 129 Å². The predicted octanol–water partition coefficient (Wildman–Crippen LogP) is 0.971. The fraction of sp³-hybridized carbons (Fsp3) is 0.347. The molecule has 14 rings (SSSR count). The van der Waals surface area contributed by atoms with Gasteiger partial charge in [-0.25, -0.2) is 28.4 Å². The molecule has 2 amide bonds. The van der Waals surface area contributed by atoms with Crippen LogP contribution in [0.5, 0.6) is 40.2 Å². The van der Waals surface area contributed by atoms with E-state index in [1.54, 1.807) is 30.3 Å². The minimum absolute atomic E-state index is 0. The van der Waals surface area contributed by atoms with E-state index in [-0.39, 0.29) is 171 Å². The Morgan fingerprint density at radius 1 is 0.574 bits per heavy atom. The summed E-state index contributed by atoms with van der Waals surface area (Å²) in [6.45, 7) is -1.08. The van der Waals surface area contributed by atoms with Gasteiger partial charge in [0.05, 0.1) is 91.5 Å². The molecule has 0 bridgehead atoms. The smallest absolute Gasteiger partial charge is 0.413 e. The molecule has 3 radical (unpaired) electrons. The average Bonchev–Trinajstić information content (AvgIpc) is 1.76. The number of furan rings is 3. The molecule has 697 valence electrons. The second-order valence-electron chi connectivity index (χ2n) is 26.1. The molecule has 4 aliphatic rings. The molecule has 0 saturated carbocycles. The largest absolute Gasteiger partial charge is 0.507 e. The van der Waals surface area contributed by atoms with Crippen LogP contribution in [0.2, 0.25) is 0 Å². The van der Waals surface area contributed by atoms with Crippen LogP contribution in [0.1, 0.15) is 58.2 Å². The van der Waals surface area contributed by atoms with Gasteiger partial charge in [-0.3, -0.25) is 24.3 Å². The Labute approximate surface area is 765 Å². The normalized spacial score (nSPS) is 19.0. The summed E-state index contributed by atoms with van der Waals surface area (Å²) in [5.74, 6) is -10.2.